The summed E-state index contributed by atoms with van der Waals surface area (Å²) in [7, 11) is 0. The third-order valence-corrected chi connectivity index (χ3v) is 5.31. The fraction of sp³-hybridized carbons (Fsp3) is 0.706. The Labute approximate surface area is 161 Å². The number of hydrogen-bond donors (Lipinski definition) is 3. The van der Waals surface area contributed by atoms with E-state index in [1.54, 1.807) is 0 Å². The maximum absolute atomic E-state index is 14.4. The highest BCUT2D eigenvalue weighted by Crippen LogP contribution is 2.40. The number of alkyl halides is 5. The number of hydrogen-bond acceptors (Lipinski definition) is 6. The van der Waals surface area contributed by atoms with E-state index in [1.165, 1.54) is 0 Å². The molecule has 1 unspecified atom stereocenters. The van der Waals surface area contributed by atoms with Crippen LogP contribution in [-0.4, -0.2) is 56.3 Å². The van der Waals surface area contributed by atoms with Crippen LogP contribution in [0.15, 0.2) is 5.83 Å². The molecule has 0 aromatic carbocycles. The van der Waals surface area contributed by atoms with Gasteiger partial charge in [0.2, 0.25) is 11.9 Å². The maximum Gasteiger partial charge on any atom is 0.252 e. The molecule has 1 aromatic rings. The lowest BCUT2D eigenvalue weighted by molar-refractivity contribution is -0.0799. The average Bonchev–Trinajstić information content (AvgIpc) is 2.56. The molecule has 0 amide bonds. The van der Waals surface area contributed by atoms with E-state index < -0.39 is 67.7 Å². The number of aliphatic hydroxyl groups is 1. The minimum atomic E-state index is -2.79. The van der Waals surface area contributed by atoms with E-state index in [4.69, 9.17) is 0 Å². The van der Waals surface area contributed by atoms with E-state index in [0.29, 0.717) is 0 Å². The number of halogens is 6. The Bertz CT molecular complexity index is 774. The highest BCUT2D eigenvalue weighted by atomic mass is 19.3. The van der Waals surface area contributed by atoms with Crippen molar-refractivity contribution >= 4 is 17.5 Å². The molecule has 2 fully saturated rings. The van der Waals surface area contributed by atoms with Crippen molar-refractivity contribution in [2.24, 2.45) is 0 Å². The second-order valence-electron chi connectivity index (χ2n) is 7.84. The molecule has 1 aromatic heterocycles. The van der Waals surface area contributed by atoms with Gasteiger partial charge < -0.3 is 15.7 Å². The molecule has 0 radical (unpaired) electrons. The van der Waals surface area contributed by atoms with E-state index in [-0.39, 0.29) is 36.1 Å². The highest BCUT2D eigenvalue weighted by molar-refractivity contribution is 5.65. The zero-order chi connectivity index (χ0) is 21.0. The first-order valence-electron chi connectivity index (χ1n) is 9.27. The van der Waals surface area contributed by atoms with Crippen LogP contribution >= 0.6 is 0 Å². The summed E-state index contributed by atoms with van der Waals surface area (Å²) < 4.78 is 80.2. The van der Waals surface area contributed by atoms with Crippen molar-refractivity contribution in [1.29, 1.82) is 0 Å². The number of allylic oxidation sites excluding steroid dienone is 1. The van der Waals surface area contributed by atoms with Crippen molar-refractivity contribution in [3.05, 3.63) is 11.7 Å². The first-order chi connectivity index (χ1) is 13.5. The average molecular weight is 423 g/mol. The third kappa shape index (κ3) is 4.26. The number of nitrogens with zero attached hydrogens (tertiary/aromatic N) is 3. The molecule has 2 saturated carbocycles. The van der Waals surface area contributed by atoms with E-state index in [0.717, 1.165) is 0 Å². The molecular weight excluding hydrogens is 404 g/mol. The van der Waals surface area contributed by atoms with Crippen LogP contribution in [0.3, 0.4) is 0 Å². The summed E-state index contributed by atoms with van der Waals surface area (Å²) in [4.78, 5) is 12.0. The van der Waals surface area contributed by atoms with Gasteiger partial charge in [-0.2, -0.15) is 15.0 Å². The van der Waals surface area contributed by atoms with Crippen molar-refractivity contribution in [2.75, 3.05) is 10.6 Å². The van der Waals surface area contributed by atoms with Gasteiger partial charge in [0, 0.05) is 43.3 Å². The van der Waals surface area contributed by atoms with Crippen molar-refractivity contribution < 1.29 is 31.4 Å². The lowest BCUT2D eigenvalue weighted by Gasteiger charge is -2.36. The summed E-state index contributed by atoms with van der Waals surface area (Å²) in [6, 6.07) is -1.21. The van der Waals surface area contributed by atoms with Crippen molar-refractivity contribution in [3.8, 4) is 0 Å². The summed E-state index contributed by atoms with van der Waals surface area (Å²) >= 11 is 0. The molecular formula is C17H19F6N5O. The van der Waals surface area contributed by atoms with Gasteiger partial charge in [-0.15, -0.1) is 0 Å². The monoisotopic (exact) mass is 423 g/mol. The van der Waals surface area contributed by atoms with E-state index in [2.05, 4.69) is 25.6 Å². The standard InChI is InChI=1S/C17H19F6N5O/c18-10-2-1-9(11(19)12(10)29)13-26-14(24-7-3-16(20,21)4-7)28-15(27-13)25-8-5-17(22,23)6-8/h7-8,10,12,29H,1-6H2,(H2,24,25,26,27,28)/t10?,12-/m1/s1. The van der Waals surface area contributed by atoms with Gasteiger partial charge >= 0.3 is 0 Å². The van der Waals surface area contributed by atoms with Crippen molar-refractivity contribution in [2.45, 2.75) is 74.7 Å². The molecule has 12 heteroatoms. The van der Waals surface area contributed by atoms with Crippen LogP contribution in [0, 0.1) is 0 Å². The minimum Gasteiger partial charge on any atom is -0.383 e. The van der Waals surface area contributed by atoms with Crippen molar-refractivity contribution in [1.82, 2.24) is 15.0 Å². The smallest absolute Gasteiger partial charge is 0.252 e. The van der Waals surface area contributed by atoms with Gasteiger partial charge in [-0.05, 0) is 12.8 Å². The maximum atomic E-state index is 14.4. The van der Waals surface area contributed by atoms with Gasteiger partial charge in [-0.1, -0.05) is 0 Å². The number of nitrogens with one attached hydrogen (secondary N) is 2. The molecule has 29 heavy (non-hydrogen) atoms. The first kappa shape index (κ1) is 20.2. The first-order valence-corrected chi connectivity index (χ1v) is 9.27. The van der Waals surface area contributed by atoms with Crippen molar-refractivity contribution in [3.63, 3.8) is 0 Å². The highest BCUT2D eigenvalue weighted by Gasteiger charge is 2.47. The van der Waals surface area contributed by atoms with Crippen LogP contribution in [0.25, 0.3) is 5.57 Å². The number of rotatable bonds is 5. The van der Waals surface area contributed by atoms with Gasteiger partial charge in [0.05, 0.1) is 0 Å². The Morgan fingerprint density at radius 2 is 1.34 bits per heavy atom. The molecule has 4 rings (SSSR count). The second kappa shape index (κ2) is 6.99. The van der Waals surface area contributed by atoms with E-state index >= 15 is 0 Å². The molecule has 0 spiro atoms. The molecule has 3 aliphatic carbocycles. The van der Waals surface area contributed by atoms with Gasteiger partial charge in [-0.25, -0.2) is 26.3 Å². The topological polar surface area (TPSA) is 83.0 Å². The quantitative estimate of drug-likeness (QED) is 0.630. The van der Waals surface area contributed by atoms with Crippen LogP contribution in [0.1, 0.15) is 44.3 Å². The summed E-state index contributed by atoms with van der Waals surface area (Å²) in [6.07, 6.45) is -5.64. The predicted octanol–water partition coefficient (Wildman–Crippen LogP) is 3.46. The van der Waals surface area contributed by atoms with Gasteiger partial charge in [0.25, 0.3) is 11.8 Å². The van der Waals surface area contributed by atoms with Gasteiger partial charge in [0.1, 0.15) is 18.1 Å². The number of anilines is 2. The summed E-state index contributed by atoms with van der Waals surface area (Å²) in [5.74, 6) is -7.14. The Morgan fingerprint density at radius 1 is 0.862 bits per heavy atom. The zero-order valence-electron chi connectivity index (χ0n) is 15.1. The molecule has 0 aliphatic heterocycles. The SMILES string of the molecule is O[C@H]1C(F)=C(c2nc(NC3CC(F)(F)C3)nc(NC3CC(F)(F)C3)n2)CCC1F. The van der Waals surface area contributed by atoms with Crippen LogP contribution < -0.4 is 10.6 Å². The number of aromatic nitrogens is 3. The van der Waals surface area contributed by atoms with Crippen LogP contribution in [-0.2, 0) is 0 Å². The molecule has 1 heterocycles. The zero-order valence-corrected chi connectivity index (χ0v) is 15.1. The predicted molar refractivity (Wildman–Crippen MR) is 91.2 cm³/mol. The molecule has 3 aliphatic rings. The van der Waals surface area contributed by atoms with Gasteiger partial charge in [0.15, 0.2) is 5.82 Å². The third-order valence-electron chi connectivity index (χ3n) is 5.31. The molecule has 3 N–H and O–H groups in total. The second-order valence-corrected chi connectivity index (χ2v) is 7.84. The van der Waals surface area contributed by atoms with E-state index in [9.17, 15) is 31.4 Å². The molecule has 0 saturated heterocycles. The fourth-order valence-electron chi connectivity index (χ4n) is 3.65. The lowest BCUT2D eigenvalue weighted by Crippen LogP contribution is -2.45. The Kier molecular flexibility index (Phi) is 4.87. The molecule has 160 valence electrons. The summed E-state index contributed by atoms with van der Waals surface area (Å²) in [6.45, 7) is 0. The molecule has 2 atom stereocenters. The molecule has 0 bridgehead atoms. The normalized spacial score (nSPS) is 29.2. The summed E-state index contributed by atoms with van der Waals surface area (Å²) in [5.41, 5.74) is -0.127. The molecule has 6 nitrogen and oxygen atoms in total. The van der Waals surface area contributed by atoms with E-state index in [1.807, 2.05) is 0 Å². The number of aliphatic hydroxyl groups excluding tert-OH is 1. The Morgan fingerprint density at radius 3 is 1.79 bits per heavy atom. The Hall–Kier alpha value is -2.11. The lowest BCUT2D eigenvalue weighted by atomic mass is 9.88. The summed E-state index contributed by atoms with van der Waals surface area (Å²) in [5, 5.41) is 15.0. The van der Waals surface area contributed by atoms with Crippen LogP contribution in [0.5, 0.6) is 0 Å². The largest absolute Gasteiger partial charge is 0.383 e. The van der Waals surface area contributed by atoms with Crippen LogP contribution in [0.2, 0.25) is 0 Å². The minimum absolute atomic E-state index is 0.0873. The van der Waals surface area contributed by atoms with Gasteiger partial charge in [-0.3, -0.25) is 0 Å². The fourth-order valence-corrected chi connectivity index (χ4v) is 3.65. The Balaban J connectivity index is 1.59. The van der Waals surface area contributed by atoms with Crippen LogP contribution in [0.4, 0.5) is 38.2 Å².